The van der Waals surface area contributed by atoms with Gasteiger partial charge >= 0.3 is 0 Å². The van der Waals surface area contributed by atoms with Gasteiger partial charge in [-0.25, -0.2) is 0 Å². The van der Waals surface area contributed by atoms with Crippen molar-refractivity contribution in [1.29, 1.82) is 0 Å². The highest BCUT2D eigenvalue weighted by Gasteiger charge is 2.33. The van der Waals surface area contributed by atoms with Crippen LogP contribution >= 0.6 is 0 Å². The van der Waals surface area contributed by atoms with Gasteiger partial charge in [-0.2, -0.15) is 0 Å². The highest BCUT2D eigenvalue weighted by molar-refractivity contribution is 5.79. The van der Waals surface area contributed by atoms with Crippen molar-refractivity contribution in [3.05, 3.63) is 71.8 Å². The van der Waals surface area contributed by atoms with Crippen LogP contribution in [0, 0.1) is 0 Å². The molecule has 1 amide bonds. The largest absolute Gasteiger partial charge is 0.497 e. The van der Waals surface area contributed by atoms with E-state index in [0.29, 0.717) is 19.1 Å². The van der Waals surface area contributed by atoms with E-state index in [1.165, 1.54) is 5.56 Å². The fraction of sp³-hybridized carbons (Fsp3) is 0.423. The zero-order valence-electron chi connectivity index (χ0n) is 18.5. The number of nitrogens with zero attached hydrogens (tertiary/aromatic N) is 3. The van der Waals surface area contributed by atoms with Crippen LogP contribution in [-0.4, -0.2) is 73.0 Å². The third-order valence-electron chi connectivity index (χ3n) is 6.12. The van der Waals surface area contributed by atoms with E-state index in [4.69, 9.17) is 4.74 Å². The van der Waals surface area contributed by atoms with E-state index in [1.54, 1.807) is 7.11 Å². The van der Waals surface area contributed by atoms with Gasteiger partial charge in [0.2, 0.25) is 5.91 Å². The first-order valence-electron chi connectivity index (χ1n) is 11.3. The molecule has 0 atom stereocenters. The zero-order chi connectivity index (χ0) is 21.5. The first-order valence-corrected chi connectivity index (χ1v) is 11.3. The lowest BCUT2D eigenvalue weighted by Gasteiger charge is -2.35. The van der Waals surface area contributed by atoms with Crippen LogP contribution in [0.4, 0.5) is 0 Å². The second-order valence-electron chi connectivity index (χ2n) is 8.49. The fourth-order valence-corrected chi connectivity index (χ4v) is 4.05. The predicted octanol–water partition coefficient (Wildman–Crippen LogP) is 3.52. The minimum absolute atomic E-state index is 0.260. The molecule has 4 rings (SSSR count). The van der Waals surface area contributed by atoms with E-state index >= 15 is 0 Å². The Labute approximate surface area is 185 Å². The highest BCUT2D eigenvalue weighted by Crippen LogP contribution is 2.29. The molecule has 0 aromatic heterocycles. The average molecular weight is 420 g/mol. The van der Waals surface area contributed by atoms with E-state index < -0.39 is 0 Å². The van der Waals surface area contributed by atoms with Gasteiger partial charge < -0.3 is 9.64 Å². The molecule has 31 heavy (non-hydrogen) atoms. The maximum atomic E-state index is 13.1. The molecule has 2 aliphatic rings. The Morgan fingerprint density at radius 2 is 1.68 bits per heavy atom. The number of benzene rings is 2. The molecule has 2 aromatic rings. The van der Waals surface area contributed by atoms with Crippen LogP contribution in [0.2, 0.25) is 0 Å². The van der Waals surface area contributed by atoms with E-state index in [9.17, 15) is 4.79 Å². The summed E-state index contributed by atoms with van der Waals surface area (Å²) >= 11 is 0. The molecular weight excluding hydrogens is 386 g/mol. The van der Waals surface area contributed by atoms with Gasteiger partial charge in [-0.15, -0.1) is 0 Å². The molecule has 0 spiro atoms. The molecule has 0 N–H and O–H groups in total. The Hall–Kier alpha value is -2.63. The summed E-state index contributed by atoms with van der Waals surface area (Å²) in [5, 5.41) is 0. The maximum Gasteiger partial charge on any atom is 0.237 e. The molecule has 2 fully saturated rings. The van der Waals surface area contributed by atoms with Crippen LogP contribution in [0.15, 0.2) is 60.7 Å². The summed E-state index contributed by atoms with van der Waals surface area (Å²) < 4.78 is 5.24. The summed E-state index contributed by atoms with van der Waals surface area (Å²) in [5.74, 6) is 1.11. The molecular formula is C26H33N3O2. The Bertz CT molecular complexity index is 854. The van der Waals surface area contributed by atoms with Crippen molar-refractivity contribution in [3.63, 3.8) is 0 Å². The molecule has 0 unspecified atom stereocenters. The third-order valence-corrected chi connectivity index (χ3v) is 6.12. The standard InChI is InChI=1S/C26H33N3O2/c1-31-25-13-9-23(10-14-25)20-29(24-11-12-24)26(30)21-28-18-16-27(17-19-28)15-5-8-22-6-3-2-4-7-22/h2-10,13-14,24H,11-12,15-21H2,1H3. The summed E-state index contributed by atoms with van der Waals surface area (Å²) in [6.45, 7) is 6.10. The molecule has 5 heteroatoms. The molecule has 0 bridgehead atoms. The van der Waals surface area contributed by atoms with Crippen LogP contribution in [0.1, 0.15) is 24.0 Å². The smallest absolute Gasteiger partial charge is 0.237 e. The number of rotatable bonds is 9. The first kappa shape index (κ1) is 21.6. The van der Waals surface area contributed by atoms with E-state index in [0.717, 1.165) is 56.9 Å². The second-order valence-corrected chi connectivity index (χ2v) is 8.49. The van der Waals surface area contributed by atoms with Crippen molar-refractivity contribution < 1.29 is 9.53 Å². The van der Waals surface area contributed by atoms with Crippen molar-refractivity contribution in [3.8, 4) is 5.75 Å². The number of amides is 1. The Kier molecular flexibility index (Phi) is 7.39. The van der Waals surface area contributed by atoms with Crippen LogP contribution in [0.3, 0.4) is 0 Å². The number of hydrogen-bond acceptors (Lipinski definition) is 4. The van der Waals surface area contributed by atoms with Crippen LogP contribution in [-0.2, 0) is 11.3 Å². The molecule has 0 radical (unpaired) electrons. The minimum atomic E-state index is 0.260. The lowest BCUT2D eigenvalue weighted by atomic mass is 10.2. The molecule has 1 saturated heterocycles. The number of piperazine rings is 1. The van der Waals surface area contributed by atoms with Crippen molar-refractivity contribution in [2.45, 2.75) is 25.4 Å². The van der Waals surface area contributed by atoms with Gasteiger partial charge in [0.05, 0.1) is 13.7 Å². The van der Waals surface area contributed by atoms with Gasteiger partial charge in [-0.1, -0.05) is 54.6 Å². The number of methoxy groups -OCH3 is 1. The summed E-state index contributed by atoms with van der Waals surface area (Å²) in [6.07, 6.45) is 6.68. The van der Waals surface area contributed by atoms with E-state index in [-0.39, 0.29) is 5.91 Å². The highest BCUT2D eigenvalue weighted by atomic mass is 16.5. The quantitative estimate of drug-likeness (QED) is 0.623. The number of carbonyl (C=O) groups excluding carboxylic acids is 1. The lowest BCUT2D eigenvalue weighted by Crippen LogP contribution is -2.50. The van der Waals surface area contributed by atoms with E-state index in [1.807, 2.05) is 18.2 Å². The predicted molar refractivity (Wildman–Crippen MR) is 125 cm³/mol. The van der Waals surface area contributed by atoms with Gasteiger partial charge in [0.1, 0.15) is 5.75 Å². The van der Waals surface area contributed by atoms with Crippen molar-refractivity contribution in [2.24, 2.45) is 0 Å². The monoisotopic (exact) mass is 419 g/mol. The first-order chi connectivity index (χ1) is 15.2. The summed E-state index contributed by atoms with van der Waals surface area (Å²) in [4.78, 5) is 19.9. The fourth-order valence-electron chi connectivity index (χ4n) is 4.05. The number of hydrogen-bond donors (Lipinski definition) is 0. The molecule has 2 aromatic carbocycles. The van der Waals surface area contributed by atoms with Crippen molar-refractivity contribution in [1.82, 2.24) is 14.7 Å². The minimum Gasteiger partial charge on any atom is -0.497 e. The van der Waals surface area contributed by atoms with Crippen molar-refractivity contribution >= 4 is 12.0 Å². The molecule has 5 nitrogen and oxygen atoms in total. The molecule has 1 heterocycles. The van der Waals surface area contributed by atoms with Gasteiger partial charge in [0.15, 0.2) is 0 Å². The van der Waals surface area contributed by atoms with Gasteiger partial charge in [-0.05, 0) is 36.1 Å². The normalized spacial score (nSPS) is 17.7. The van der Waals surface area contributed by atoms with E-state index in [2.05, 4.69) is 63.2 Å². The Balaban J connectivity index is 1.23. The molecule has 1 aliphatic carbocycles. The zero-order valence-corrected chi connectivity index (χ0v) is 18.5. The van der Waals surface area contributed by atoms with Gasteiger partial charge in [0, 0.05) is 45.3 Å². The average Bonchev–Trinajstić information content (AvgIpc) is 3.65. The topological polar surface area (TPSA) is 36.0 Å². The molecule has 164 valence electrons. The number of ether oxygens (including phenoxy) is 1. The van der Waals surface area contributed by atoms with Gasteiger partial charge in [0.25, 0.3) is 0 Å². The third kappa shape index (κ3) is 6.42. The van der Waals surface area contributed by atoms with Gasteiger partial charge in [-0.3, -0.25) is 14.6 Å². The van der Waals surface area contributed by atoms with Crippen LogP contribution in [0.25, 0.3) is 6.08 Å². The summed E-state index contributed by atoms with van der Waals surface area (Å²) in [5.41, 5.74) is 2.40. The SMILES string of the molecule is COc1ccc(CN(C(=O)CN2CCN(CC=Cc3ccccc3)CC2)C2CC2)cc1. The molecule has 1 saturated carbocycles. The van der Waals surface area contributed by atoms with Crippen molar-refractivity contribution in [2.75, 3.05) is 46.4 Å². The second kappa shape index (κ2) is 10.6. The Morgan fingerprint density at radius 3 is 2.32 bits per heavy atom. The maximum absolute atomic E-state index is 13.1. The summed E-state index contributed by atoms with van der Waals surface area (Å²) in [6, 6.07) is 18.9. The molecule has 1 aliphatic heterocycles. The van der Waals surface area contributed by atoms with Crippen LogP contribution in [0.5, 0.6) is 5.75 Å². The van der Waals surface area contributed by atoms with Crippen LogP contribution < -0.4 is 4.74 Å². The Morgan fingerprint density at radius 1 is 1.00 bits per heavy atom. The lowest BCUT2D eigenvalue weighted by molar-refractivity contribution is -0.134. The number of carbonyl (C=O) groups is 1. The summed E-state index contributed by atoms with van der Waals surface area (Å²) in [7, 11) is 1.67.